The summed E-state index contributed by atoms with van der Waals surface area (Å²) in [5.74, 6) is 0. The summed E-state index contributed by atoms with van der Waals surface area (Å²) >= 11 is 0. The van der Waals surface area contributed by atoms with E-state index in [1.54, 1.807) is 12.4 Å². The van der Waals surface area contributed by atoms with E-state index < -0.39 is 0 Å². The number of nitrogens with one attached hydrogen (secondary N) is 1. The Morgan fingerprint density at radius 1 is 1.25 bits per heavy atom. The van der Waals surface area contributed by atoms with Crippen molar-refractivity contribution in [1.82, 2.24) is 9.97 Å². The zero-order valence-electron chi connectivity index (χ0n) is 12.3. The third-order valence-electron chi connectivity index (χ3n) is 3.36. The molecule has 0 saturated heterocycles. The van der Waals surface area contributed by atoms with Gasteiger partial charge < -0.3 is 9.88 Å². The number of hydrogen-bond acceptors (Lipinski definition) is 3. The van der Waals surface area contributed by atoms with Gasteiger partial charge in [0.25, 0.3) is 5.56 Å². The molecular formula is C16H21N3O. The number of unbranched alkanes of at least 4 members (excludes halogenated alkanes) is 1. The molecule has 2 rings (SSSR count). The summed E-state index contributed by atoms with van der Waals surface area (Å²) in [6.45, 7) is 2.15. The largest absolute Gasteiger partial charge is 0.373 e. The number of H-pyrrole nitrogens is 1. The van der Waals surface area contributed by atoms with Crippen LogP contribution in [0.15, 0.2) is 35.4 Å². The number of pyridine rings is 2. The summed E-state index contributed by atoms with van der Waals surface area (Å²) in [5.41, 5.74) is 3.83. The standard InChI is InChI=1S/C16H21N3O/c1-4-5-6-14-13(12-7-9-17-10-8-12)11-15(19(2)3)16(20)18-14/h7-11H,4-6H2,1-3H3,(H,18,20). The lowest BCUT2D eigenvalue weighted by atomic mass is 10.0. The van der Waals surface area contributed by atoms with Crippen molar-refractivity contribution in [3.05, 3.63) is 46.6 Å². The second-order valence-corrected chi connectivity index (χ2v) is 5.11. The first-order chi connectivity index (χ1) is 9.63. The molecule has 4 nitrogen and oxygen atoms in total. The van der Waals surface area contributed by atoms with Crippen LogP contribution in [0.3, 0.4) is 0 Å². The van der Waals surface area contributed by atoms with E-state index >= 15 is 0 Å². The fourth-order valence-electron chi connectivity index (χ4n) is 2.23. The molecule has 20 heavy (non-hydrogen) atoms. The van der Waals surface area contributed by atoms with Crippen molar-refractivity contribution in [2.45, 2.75) is 26.2 Å². The van der Waals surface area contributed by atoms with Gasteiger partial charge in [-0.2, -0.15) is 0 Å². The van der Waals surface area contributed by atoms with Crippen molar-refractivity contribution in [3.63, 3.8) is 0 Å². The number of aromatic amines is 1. The molecule has 0 spiro atoms. The molecule has 0 aromatic carbocycles. The maximum Gasteiger partial charge on any atom is 0.271 e. The Bertz CT molecular complexity index is 617. The van der Waals surface area contributed by atoms with Crippen LogP contribution in [0.2, 0.25) is 0 Å². The SMILES string of the molecule is CCCCc1[nH]c(=O)c(N(C)C)cc1-c1ccncc1. The van der Waals surface area contributed by atoms with Crippen LogP contribution in [0.1, 0.15) is 25.5 Å². The lowest BCUT2D eigenvalue weighted by molar-refractivity contribution is 0.775. The van der Waals surface area contributed by atoms with Crippen LogP contribution in [0.4, 0.5) is 5.69 Å². The summed E-state index contributed by atoms with van der Waals surface area (Å²) in [6, 6.07) is 5.92. The van der Waals surface area contributed by atoms with Crippen LogP contribution in [0, 0.1) is 0 Å². The lowest BCUT2D eigenvalue weighted by Gasteiger charge is -2.16. The van der Waals surface area contributed by atoms with Gasteiger partial charge in [0.1, 0.15) is 5.69 Å². The van der Waals surface area contributed by atoms with Crippen molar-refractivity contribution < 1.29 is 0 Å². The number of rotatable bonds is 5. The third kappa shape index (κ3) is 3.07. The maximum absolute atomic E-state index is 12.1. The minimum Gasteiger partial charge on any atom is -0.373 e. The smallest absolute Gasteiger partial charge is 0.271 e. The molecule has 0 amide bonds. The molecule has 0 aliphatic carbocycles. The van der Waals surface area contributed by atoms with E-state index in [4.69, 9.17) is 0 Å². The van der Waals surface area contributed by atoms with Gasteiger partial charge in [-0.25, -0.2) is 0 Å². The molecule has 2 heterocycles. The molecule has 0 unspecified atom stereocenters. The second kappa shape index (κ2) is 6.37. The van der Waals surface area contributed by atoms with Crippen LogP contribution in [-0.2, 0) is 6.42 Å². The minimum atomic E-state index is -0.0288. The minimum absolute atomic E-state index is 0.0288. The highest BCUT2D eigenvalue weighted by Crippen LogP contribution is 2.25. The molecule has 0 bridgehead atoms. The molecule has 2 aromatic heterocycles. The van der Waals surface area contributed by atoms with E-state index in [0.717, 1.165) is 36.1 Å². The average molecular weight is 271 g/mol. The maximum atomic E-state index is 12.1. The Morgan fingerprint density at radius 3 is 2.55 bits per heavy atom. The predicted octanol–water partition coefficient (Wildman–Crippen LogP) is 2.85. The fourth-order valence-corrected chi connectivity index (χ4v) is 2.23. The Balaban J connectivity index is 2.56. The summed E-state index contributed by atoms with van der Waals surface area (Å²) in [5, 5.41) is 0. The summed E-state index contributed by atoms with van der Waals surface area (Å²) < 4.78 is 0. The van der Waals surface area contributed by atoms with Crippen LogP contribution < -0.4 is 10.5 Å². The van der Waals surface area contributed by atoms with E-state index in [0.29, 0.717) is 5.69 Å². The molecular weight excluding hydrogens is 250 g/mol. The van der Waals surface area contributed by atoms with Gasteiger partial charge in [0.05, 0.1) is 0 Å². The van der Waals surface area contributed by atoms with Crippen LogP contribution in [0.25, 0.3) is 11.1 Å². The highest BCUT2D eigenvalue weighted by Gasteiger charge is 2.11. The van der Waals surface area contributed by atoms with Crippen LogP contribution >= 0.6 is 0 Å². The number of anilines is 1. The Labute approximate surface area is 119 Å². The molecule has 2 aromatic rings. The molecule has 0 saturated carbocycles. The molecule has 0 fully saturated rings. The quantitative estimate of drug-likeness (QED) is 0.909. The van der Waals surface area contributed by atoms with Gasteiger partial charge in [-0.15, -0.1) is 0 Å². The van der Waals surface area contributed by atoms with Gasteiger partial charge in [0, 0.05) is 37.7 Å². The van der Waals surface area contributed by atoms with Gasteiger partial charge >= 0.3 is 0 Å². The van der Waals surface area contributed by atoms with Gasteiger partial charge in [-0.05, 0) is 36.6 Å². The van der Waals surface area contributed by atoms with Gasteiger partial charge in [-0.1, -0.05) is 13.3 Å². The number of nitrogens with zero attached hydrogens (tertiary/aromatic N) is 2. The first-order valence-electron chi connectivity index (χ1n) is 6.97. The van der Waals surface area contributed by atoms with Crippen molar-refractivity contribution in [1.29, 1.82) is 0 Å². The van der Waals surface area contributed by atoms with Crippen LogP contribution in [-0.4, -0.2) is 24.1 Å². The summed E-state index contributed by atoms with van der Waals surface area (Å²) in [7, 11) is 3.76. The average Bonchev–Trinajstić information content (AvgIpc) is 2.45. The van der Waals surface area contributed by atoms with E-state index in [1.165, 1.54) is 0 Å². The van der Waals surface area contributed by atoms with E-state index in [-0.39, 0.29) is 5.56 Å². The molecule has 4 heteroatoms. The van der Waals surface area contributed by atoms with Gasteiger partial charge in [0.2, 0.25) is 0 Å². The molecule has 106 valence electrons. The first-order valence-corrected chi connectivity index (χ1v) is 6.97. The number of hydrogen-bond donors (Lipinski definition) is 1. The van der Waals surface area contributed by atoms with E-state index in [1.807, 2.05) is 37.2 Å². The van der Waals surface area contributed by atoms with Crippen molar-refractivity contribution in [3.8, 4) is 11.1 Å². The number of aromatic nitrogens is 2. The van der Waals surface area contributed by atoms with Gasteiger partial charge in [-0.3, -0.25) is 9.78 Å². The second-order valence-electron chi connectivity index (χ2n) is 5.11. The molecule has 1 N–H and O–H groups in total. The summed E-state index contributed by atoms with van der Waals surface area (Å²) in [4.78, 5) is 21.1. The monoisotopic (exact) mass is 271 g/mol. The van der Waals surface area contributed by atoms with Crippen molar-refractivity contribution in [2.75, 3.05) is 19.0 Å². The third-order valence-corrected chi connectivity index (χ3v) is 3.36. The lowest BCUT2D eigenvalue weighted by Crippen LogP contribution is -2.22. The first kappa shape index (κ1) is 14.3. The highest BCUT2D eigenvalue weighted by molar-refractivity contribution is 5.69. The zero-order valence-corrected chi connectivity index (χ0v) is 12.3. The topological polar surface area (TPSA) is 49.0 Å². The molecule has 0 aliphatic heterocycles. The summed E-state index contributed by atoms with van der Waals surface area (Å²) in [6.07, 6.45) is 6.61. The van der Waals surface area contributed by atoms with E-state index in [9.17, 15) is 4.79 Å². The Morgan fingerprint density at radius 2 is 1.95 bits per heavy atom. The predicted molar refractivity (Wildman–Crippen MR) is 83.2 cm³/mol. The fraction of sp³-hybridized carbons (Fsp3) is 0.375. The van der Waals surface area contributed by atoms with Crippen molar-refractivity contribution in [2.24, 2.45) is 0 Å². The number of aryl methyl sites for hydroxylation is 1. The molecule has 0 aliphatic rings. The molecule has 0 atom stereocenters. The normalized spacial score (nSPS) is 10.6. The van der Waals surface area contributed by atoms with E-state index in [2.05, 4.69) is 16.9 Å². The molecule has 0 radical (unpaired) electrons. The Hall–Kier alpha value is -2.10. The Kier molecular flexibility index (Phi) is 4.56. The highest BCUT2D eigenvalue weighted by atomic mass is 16.1. The zero-order chi connectivity index (χ0) is 14.5. The van der Waals surface area contributed by atoms with Gasteiger partial charge in [0.15, 0.2) is 0 Å². The van der Waals surface area contributed by atoms with Crippen LogP contribution in [0.5, 0.6) is 0 Å². The van der Waals surface area contributed by atoms with Crippen molar-refractivity contribution >= 4 is 5.69 Å².